The van der Waals surface area contributed by atoms with Gasteiger partial charge in [-0.05, 0) is 19.8 Å². The van der Waals surface area contributed by atoms with Crippen LogP contribution in [0.25, 0.3) is 0 Å². The van der Waals surface area contributed by atoms with Gasteiger partial charge >= 0.3 is 0 Å². The molecule has 6 heteroatoms. The van der Waals surface area contributed by atoms with E-state index in [4.69, 9.17) is 0 Å². The van der Waals surface area contributed by atoms with Gasteiger partial charge in [-0.1, -0.05) is 6.92 Å². The lowest BCUT2D eigenvalue weighted by atomic mass is 10.2. The number of carbonyl (C=O) groups is 1. The van der Waals surface area contributed by atoms with E-state index in [9.17, 15) is 13.2 Å². The molecule has 2 atom stereocenters. The van der Waals surface area contributed by atoms with Crippen molar-refractivity contribution in [2.24, 2.45) is 0 Å². The molecule has 1 fully saturated rings. The van der Waals surface area contributed by atoms with Gasteiger partial charge in [0.25, 0.3) is 0 Å². The summed E-state index contributed by atoms with van der Waals surface area (Å²) in [4.78, 5) is 11.4. The van der Waals surface area contributed by atoms with E-state index in [-0.39, 0.29) is 36.0 Å². The maximum Gasteiger partial charge on any atom is 0.234 e. The molecule has 2 N–H and O–H groups in total. The Morgan fingerprint density at radius 2 is 2.19 bits per heavy atom. The lowest BCUT2D eigenvalue weighted by Gasteiger charge is -2.14. The first-order valence-electron chi connectivity index (χ1n) is 5.66. The van der Waals surface area contributed by atoms with E-state index >= 15 is 0 Å². The van der Waals surface area contributed by atoms with Gasteiger partial charge in [-0.3, -0.25) is 4.79 Å². The van der Waals surface area contributed by atoms with Crippen molar-refractivity contribution in [2.75, 3.05) is 18.1 Å². The quantitative estimate of drug-likeness (QED) is 0.699. The fraction of sp³-hybridized carbons (Fsp3) is 0.900. The second kappa shape index (κ2) is 5.63. The summed E-state index contributed by atoms with van der Waals surface area (Å²) in [5.41, 5.74) is 0. The topological polar surface area (TPSA) is 75.3 Å². The fourth-order valence-electron chi connectivity index (χ4n) is 1.62. The number of nitrogens with one attached hydrogen (secondary N) is 2. The van der Waals surface area contributed by atoms with Crippen LogP contribution in [0, 0.1) is 0 Å². The van der Waals surface area contributed by atoms with Gasteiger partial charge in [0.1, 0.15) is 0 Å². The molecule has 0 radical (unpaired) electrons. The first-order chi connectivity index (χ1) is 7.43. The van der Waals surface area contributed by atoms with Crippen LogP contribution in [0.3, 0.4) is 0 Å². The minimum atomic E-state index is -2.87. The van der Waals surface area contributed by atoms with E-state index in [1.807, 2.05) is 13.8 Å². The minimum absolute atomic E-state index is 0.0623. The van der Waals surface area contributed by atoms with Gasteiger partial charge in [0.2, 0.25) is 5.91 Å². The Balaban J connectivity index is 2.23. The van der Waals surface area contributed by atoms with Crippen molar-refractivity contribution in [1.29, 1.82) is 0 Å². The minimum Gasteiger partial charge on any atom is -0.353 e. The van der Waals surface area contributed by atoms with Crippen LogP contribution in [-0.2, 0) is 14.6 Å². The van der Waals surface area contributed by atoms with Gasteiger partial charge in [0, 0.05) is 12.1 Å². The molecule has 2 unspecified atom stereocenters. The SMILES string of the molecule is CCC(C)NC(=O)CNC1CCS(=O)(=O)C1. The summed E-state index contributed by atoms with van der Waals surface area (Å²) in [6.07, 6.45) is 1.50. The number of hydrogen-bond acceptors (Lipinski definition) is 4. The molecule has 0 aromatic carbocycles. The molecule has 1 saturated heterocycles. The van der Waals surface area contributed by atoms with Crippen LogP contribution in [-0.4, -0.2) is 44.5 Å². The number of sulfone groups is 1. The van der Waals surface area contributed by atoms with Gasteiger partial charge in [-0.2, -0.15) is 0 Å². The molecule has 0 saturated carbocycles. The lowest BCUT2D eigenvalue weighted by Crippen LogP contribution is -2.42. The molecular formula is C10H20N2O3S. The van der Waals surface area contributed by atoms with Gasteiger partial charge in [-0.15, -0.1) is 0 Å². The van der Waals surface area contributed by atoms with Crippen molar-refractivity contribution >= 4 is 15.7 Å². The molecule has 16 heavy (non-hydrogen) atoms. The van der Waals surface area contributed by atoms with Crippen molar-refractivity contribution in [1.82, 2.24) is 10.6 Å². The van der Waals surface area contributed by atoms with Crippen molar-refractivity contribution in [3.63, 3.8) is 0 Å². The van der Waals surface area contributed by atoms with E-state index in [1.54, 1.807) is 0 Å². The molecule has 0 aromatic rings. The molecule has 1 aliphatic rings. The highest BCUT2D eigenvalue weighted by atomic mass is 32.2. The second-order valence-electron chi connectivity index (χ2n) is 4.36. The monoisotopic (exact) mass is 248 g/mol. The molecule has 5 nitrogen and oxygen atoms in total. The third-order valence-electron chi connectivity index (χ3n) is 2.80. The third-order valence-corrected chi connectivity index (χ3v) is 4.57. The molecule has 0 aliphatic carbocycles. The van der Waals surface area contributed by atoms with E-state index in [0.717, 1.165) is 6.42 Å². The van der Waals surface area contributed by atoms with Crippen LogP contribution in [0.2, 0.25) is 0 Å². The summed E-state index contributed by atoms with van der Waals surface area (Å²) in [7, 11) is -2.87. The highest BCUT2D eigenvalue weighted by Crippen LogP contribution is 2.10. The Kier molecular flexibility index (Phi) is 4.73. The van der Waals surface area contributed by atoms with Crippen molar-refractivity contribution in [3.8, 4) is 0 Å². The molecule has 1 aliphatic heterocycles. The van der Waals surface area contributed by atoms with Gasteiger partial charge in [-0.25, -0.2) is 8.42 Å². The molecule has 0 aromatic heterocycles. The largest absolute Gasteiger partial charge is 0.353 e. The van der Waals surface area contributed by atoms with Gasteiger partial charge in [0.15, 0.2) is 9.84 Å². The Hall–Kier alpha value is -0.620. The molecular weight excluding hydrogens is 228 g/mol. The zero-order valence-corrected chi connectivity index (χ0v) is 10.6. The summed E-state index contributed by atoms with van der Waals surface area (Å²) in [5, 5.41) is 5.80. The first-order valence-corrected chi connectivity index (χ1v) is 7.48. The predicted molar refractivity (Wildman–Crippen MR) is 63.0 cm³/mol. The van der Waals surface area contributed by atoms with Crippen LogP contribution < -0.4 is 10.6 Å². The zero-order chi connectivity index (χ0) is 12.2. The second-order valence-corrected chi connectivity index (χ2v) is 6.59. The van der Waals surface area contributed by atoms with Crippen LogP contribution in [0.4, 0.5) is 0 Å². The standard InChI is InChI=1S/C10H20N2O3S/c1-3-8(2)12-10(13)6-11-9-4-5-16(14,15)7-9/h8-9,11H,3-7H2,1-2H3,(H,12,13). The van der Waals surface area contributed by atoms with Gasteiger partial charge in [0.05, 0.1) is 18.1 Å². The summed E-state index contributed by atoms with van der Waals surface area (Å²) < 4.78 is 22.3. The highest BCUT2D eigenvalue weighted by Gasteiger charge is 2.27. The van der Waals surface area contributed by atoms with Crippen LogP contribution >= 0.6 is 0 Å². The van der Waals surface area contributed by atoms with Crippen LogP contribution in [0.15, 0.2) is 0 Å². The molecule has 1 amide bonds. The normalized spacial score (nSPS) is 25.2. The Morgan fingerprint density at radius 3 is 2.69 bits per heavy atom. The summed E-state index contributed by atoms with van der Waals surface area (Å²) in [6, 6.07) is 0.106. The van der Waals surface area contributed by atoms with E-state index < -0.39 is 9.84 Å². The lowest BCUT2D eigenvalue weighted by molar-refractivity contribution is -0.120. The van der Waals surface area contributed by atoms with Crippen molar-refractivity contribution in [2.45, 2.75) is 38.8 Å². The average Bonchev–Trinajstić information content (AvgIpc) is 2.55. The summed E-state index contributed by atoms with van der Waals surface area (Å²) in [6.45, 7) is 4.14. The summed E-state index contributed by atoms with van der Waals surface area (Å²) >= 11 is 0. The Labute approximate surface area is 96.9 Å². The van der Waals surface area contributed by atoms with Gasteiger partial charge < -0.3 is 10.6 Å². The third kappa shape index (κ3) is 4.49. The summed E-state index contributed by atoms with van der Waals surface area (Å²) in [5.74, 6) is 0.319. The number of rotatable bonds is 5. The van der Waals surface area contributed by atoms with Crippen molar-refractivity contribution in [3.05, 3.63) is 0 Å². The first kappa shape index (κ1) is 13.4. The molecule has 1 heterocycles. The maximum absolute atomic E-state index is 11.4. The molecule has 1 rings (SSSR count). The fourth-order valence-corrected chi connectivity index (χ4v) is 3.33. The number of carbonyl (C=O) groups excluding carboxylic acids is 1. The van der Waals surface area contributed by atoms with Crippen molar-refractivity contribution < 1.29 is 13.2 Å². The van der Waals surface area contributed by atoms with E-state index in [1.165, 1.54) is 0 Å². The maximum atomic E-state index is 11.4. The Morgan fingerprint density at radius 1 is 1.50 bits per heavy atom. The Bertz CT molecular complexity index is 340. The van der Waals surface area contributed by atoms with E-state index in [0.29, 0.717) is 6.42 Å². The zero-order valence-electron chi connectivity index (χ0n) is 9.82. The smallest absolute Gasteiger partial charge is 0.234 e. The highest BCUT2D eigenvalue weighted by molar-refractivity contribution is 7.91. The average molecular weight is 248 g/mol. The molecule has 0 spiro atoms. The number of hydrogen-bond donors (Lipinski definition) is 2. The number of amides is 1. The van der Waals surface area contributed by atoms with E-state index in [2.05, 4.69) is 10.6 Å². The molecule has 0 bridgehead atoms. The molecule has 94 valence electrons. The van der Waals surface area contributed by atoms with Crippen LogP contribution in [0.5, 0.6) is 0 Å². The van der Waals surface area contributed by atoms with Crippen LogP contribution in [0.1, 0.15) is 26.7 Å². The predicted octanol–water partition coefficient (Wildman–Crippen LogP) is -0.322.